The van der Waals surface area contributed by atoms with Crippen LogP contribution in [0.1, 0.15) is 0 Å². The van der Waals surface area contributed by atoms with Gasteiger partial charge in [0.25, 0.3) is 0 Å². The third kappa shape index (κ3) is 2.64. The van der Waals surface area contributed by atoms with Gasteiger partial charge in [-0.25, -0.2) is 0 Å². The van der Waals surface area contributed by atoms with Gasteiger partial charge in [0.2, 0.25) is 0 Å². The van der Waals surface area contributed by atoms with Crippen LogP contribution in [0, 0.1) is 0 Å². The molecule has 1 saturated heterocycles. The molecule has 1 aliphatic rings. The average Bonchev–Trinajstić information content (AvgIpc) is 2.39. The smallest absolute Gasteiger partial charge is 0.145 e. The molecule has 4 nitrogen and oxygen atoms in total. The van der Waals surface area contributed by atoms with Crippen LogP contribution in [0.4, 0.5) is 5.69 Å². The highest BCUT2D eigenvalue weighted by Gasteiger charge is 2.17. The maximum atomic E-state index is 5.43. The summed E-state index contributed by atoms with van der Waals surface area (Å²) in [6.07, 6.45) is 0. The molecule has 94 valence electrons. The number of ether oxygens (including phenoxy) is 2. The minimum atomic E-state index is 0.833. The van der Waals surface area contributed by atoms with Crippen LogP contribution in [0.15, 0.2) is 18.2 Å². The van der Waals surface area contributed by atoms with Crippen LogP contribution >= 0.6 is 0 Å². The summed E-state index contributed by atoms with van der Waals surface area (Å²) >= 11 is 0. The Morgan fingerprint density at radius 2 is 1.71 bits per heavy atom. The molecule has 1 fully saturated rings. The van der Waals surface area contributed by atoms with Crippen molar-refractivity contribution in [1.82, 2.24) is 4.90 Å². The second-order valence-electron chi connectivity index (χ2n) is 4.33. The zero-order chi connectivity index (χ0) is 12.3. The Morgan fingerprint density at radius 3 is 2.29 bits per heavy atom. The van der Waals surface area contributed by atoms with Crippen molar-refractivity contribution in [2.75, 3.05) is 52.3 Å². The largest absolute Gasteiger partial charge is 0.497 e. The molecule has 0 spiro atoms. The summed E-state index contributed by atoms with van der Waals surface area (Å²) in [6, 6.07) is 5.99. The lowest BCUT2D eigenvalue weighted by molar-refractivity contribution is 0.311. The summed E-state index contributed by atoms with van der Waals surface area (Å²) in [6.45, 7) is 4.27. The molecular formula is C13H20N2O2. The molecule has 1 aromatic rings. The topological polar surface area (TPSA) is 24.9 Å². The quantitative estimate of drug-likeness (QED) is 0.793. The number of benzene rings is 1. The molecule has 1 aliphatic heterocycles. The predicted octanol–water partition coefficient (Wildman–Crippen LogP) is 1.46. The van der Waals surface area contributed by atoms with E-state index >= 15 is 0 Å². The molecule has 0 amide bonds. The number of likely N-dealkylation sites (N-methyl/N-ethyl adjacent to an activating group) is 1. The lowest BCUT2D eigenvalue weighted by atomic mass is 10.2. The Labute approximate surface area is 103 Å². The number of piperazine rings is 1. The van der Waals surface area contributed by atoms with Crippen LogP contribution in [-0.4, -0.2) is 52.3 Å². The molecule has 0 N–H and O–H groups in total. The van der Waals surface area contributed by atoms with Gasteiger partial charge in [-0.1, -0.05) is 0 Å². The van der Waals surface area contributed by atoms with E-state index in [1.807, 2.05) is 12.1 Å². The maximum Gasteiger partial charge on any atom is 0.145 e. The van der Waals surface area contributed by atoms with Gasteiger partial charge in [-0.05, 0) is 19.2 Å². The van der Waals surface area contributed by atoms with Crippen LogP contribution in [0.2, 0.25) is 0 Å². The highest BCUT2D eigenvalue weighted by molar-refractivity contribution is 5.61. The molecule has 2 rings (SSSR count). The van der Waals surface area contributed by atoms with Gasteiger partial charge >= 0.3 is 0 Å². The first kappa shape index (κ1) is 12.0. The summed E-state index contributed by atoms with van der Waals surface area (Å²) in [5, 5.41) is 0. The standard InChI is InChI=1S/C13H20N2O2/c1-14-6-8-15(9-7-14)12-5-4-11(16-2)10-13(12)17-3/h4-5,10H,6-9H2,1-3H3. The fourth-order valence-electron chi connectivity index (χ4n) is 2.09. The van der Waals surface area contributed by atoms with Crippen LogP contribution in [0.5, 0.6) is 11.5 Å². The number of methoxy groups -OCH3 is 2. The van der Waals surface area contributed by atoms with Gasteiger partial charge in [0, 0.05) is 32.2 Å². The third-order valence-electron chi connectivity index (χ3n) is 3.23. The van der Waals surface area contributed by atoms with E-state index in [1.165, 1.54) is 0 Å². The number of rotatable bonds is 3. The molecule has 0 aromatic heterocycles. The molecule has 4 heteroatoms. The number of nitrogens with zero attached hydrogens (tertiary/aromatic N) is 2. The van der Waals surface area contributed by atoms with Gasteiger partial charge in [-0.15, -0.1) is 0 Å². The van der Waals surface area contributed by atoms with E-state index in [1.54, 1.807) is 14.2 Å². The highest BCUT2D eigenvalue weighted by atomic mass is 16.5. The molecule has 0 radical (unpaired) electrons. The number of hydrogen-bond donors (Lipinski definition) is 0. The summed E-state index contributed by atoms with van der Waals surface area (Å²) in [5.41, 5.74) is 1.15. The summed E-state index contributed by atoms with van der Waals surface area (Å²) in [7, 11) is 5.53. The van der Waals surface area contributed by atoms with E-state index in [0.717, 1.165) is 43.4 Å². The van der Waals surface area contributed by atoms with Gasteiger partial charge in [-0.2, -0.15) is 0 Å². The van der Waals surface area contributed by atoms with Gasteiger partial charge in [0.15, 0.2) is 0 Å². The lowest BCUT2D eigenvalue weighted by Gasteiger charge is -2.34. The SMILES string of the molecule is COc1ccc(N2CCN(C)CC2)c(OC)c1. The van der Waals surface area contributed by atoms with Gasteiger partial charge in [0.05, 0.1) is 19.9 Å². The van der Waals surface area contributed by atoms with Crippen molar-refractivity contribution in [3.8, 4) is 11.5 Å². The van der Waals surface area contributed by atoms with Crippen molar-refractivity contribution in [3.63, 3.8) is 0 Å². The minimum Gasteiger partial charge on any atom is -0.497 e. The van der Waals surface area contributed by atoms with Crippen molar-refractivity contribution < 1.29 is 9.47 Å². The van der Waals surface area contributed by atoms with Crippen molar-refractivity contribution >= 4 is 5.69 Å². The predicted molar refractivity (Wildman–Crippen MR) is 69.3 cm³/mol. The molecule has 0 atom stereocenters. The molecular weight excluding hydrogens is 216 g/mol. The van der Waals surface area contributed by atoms with E-state index in [2.05, 4.69) is 22.9 Å². The van der Waals surface area contributed by atoms with E-state index in [9.17, 15) is 0 Å². The summed E-state index contributed by atoms with van der Waals surface area (Å²) in [5.74, 6) is 1.72. The third-order valence-corrected chi connectivity index (χ3v) is 3.23. The van der Waals surface area contributed by atoms with Crippen molar-refractivity contribution in [2.45, 2.75) is 0 Å². The Hall–Kier alpha value is -1.42. The van der Waals surface area contributed by atoms with Gasteiger partial charge < -0.3 is 19.3 Å². The number of anilines is 1. The summed E-state index contributed by atoms with van der Waals surface area (Å²) < 4.78 is 10.6. The van der Waals surface area contributed by atoms with Crippen LogP contribution in [0.3, 0.4) is 0 Å². The average molecular weight is 236 g/mol. The normalized spacial score (nSPS) is 17.0. The molecule has 17 heavy (non-hydrogen) atoms. The number of hydrogen-bond acceptors (Lipinski definition) is 4. The minimum absolute atomic E-state index is 0.833. The zero-order valence-electron chi connectivity index (χ0n) is 10.8. The Kier molecular flexibility index (Phi) is 3.74. The molecule has 1 heterocycles. The Balaban J connectivity index is 2.19. The van der Waals surface area contributed by atoms with Crippen molar-refractivity contribution in [1.29, 1.82) is 0 Å². The fourth-order valence-corrected chi connectivity index (χ4v) is 2.09. The van der Waals surface area contributed by atoms with Crippen LogP contribution in [-0.2, 0) is 0 Å². The lowest BCUT2D eigenvalue weighted by Crippen LogP contribution is -2.44. The highest BCUT2D eigenvalue weighted by Crippen LogP contribution is 2.32. The maximum absolute atomic E-state index is 5.43. The fraction of sp³-hybridized carbons (Fsp3) is 0.538. The van der Waals surface area contributed by atoms with E-state index in [4.69, 9.17) is 9.47 Å². The monoisotopic (exact) mass is 236 g/mol. The molecule has 0 aliphatic carbocycles. The second kappa shape index (κ2) is 5.27. The first-order valence-corrected chi connectivity index (χ1v) is 5.90. The van der Waals surface area contributed by atoms with Crippen molar-refractivity contribution in [2.24, 2.45) is 0 Å². The van der Waals surface area contributed by atoms with Crippen LogP contribution in [0.25, 0.3) is 0 Å². The van der Waals surface area contributed by atoms with Crippen LogP contribution < -0.4 is 14.4 Å². The van der Waals surface area contributed by atoms with Gasteiger partial charge in [0.1, 0.15) is 11.5 Å². The molecule has 0 unspecified atom stereocenters. The molecule has 0 saturated carbocycles. The van der Waals surface area contributed by atoms with E-state index in [-0.39, 0.29) is 0 Å². The second-order valence-corrected chi connectivity index (χ2v) is 4.33. The summed E-state index contributed by atoms with van der Waals surface area (Å²) in [4.78, 5) is 4.70. The van der Waals surface area contributed by atoms with E-state index < -0.39 is 0 Å². The Bertz CT molecular complexity index is 374. The zero-order valence-corrected chi connectivity index (χ0v) is 10.8. The molecule has 0 bridgehead atoms. The van der Waals surface area contributed by atoms with Crippen molar-refractivity contribution in [3.05, 3.63) is 18.2 Å². The van der Waals surface area contributed by atoms with Gasteiger partial charge in [-0.3, -0.25) is 0 Å². The first-order chi connectivity index (χ1) is 8.24. The Morgan fingerprint density at radius 1 is 1.00 bits per heavy atom. The first-order valence-electron chi connectivity index (χ1n) is 5.90. The molecule has 1 aromatic carbocycles. The van der Waals surface area contributed by atoms with E-state index in [0.29, 0.717) is 0 Å².